The number of nitrogens with one attached hydrogen (secondary N) is 1. The summed E-state index contributed by atoms with van der Waals surface area (Å²) >= 11 is 2.27. The van der Waals surface area contributed by atoms with E-state index >= 15 is 0 Å². The van der Waals surface area contributed by atoms with Gasteiger partial charge in [-0.1, -0.05) is 23.8 Å². The van der Waals surface area contributed by atoms with E-state index in [1.807, 2.05) is 37.3 Å². The molecule has 0 aliphatic heterocycles. The van der Waals surface area contributed by atoms with Crippen molar-refractivity contribution in [3.63, 3.8) is 0 Å². The van der Waals surface area contributed by atoms with Crippen molar-refractivity contribution < 1.29 is 9.53 Å². The van der Waals surface area contributed by atoms with Crippen LogP contribution in [0, 0.1) is 17.4 Å². The van der Waals surface area contributed by atoms with Gasteiger partial charge in [-0.2, -0.15) is 0 Å². The zero-order valence-corrected chi connectivity index (χ0v) is 16.0. The summed E-state index contributed by atoms with van der Waals surface area (Å²) in [5, 5.41) is 2.64. The number of benzene rings is 2. The van der Waals surface area contributed by atoms with E-state index in [9.17, 15) is 4.79 Å². The minimum absolute atomic E-state index is 0.153. The monoisotopic (exact) mass is 424 g/mol. The SMILES string of the molecule is CNC(=O)N(C)c1cccc(I)c1COc1ccc(C)cc1C. The maximum absolute atomic E-state index is 11.9. The van der Waals surface area contributed by atoms with Crippen LogP contribution in [0.2, 0.25) is 0 Å². The quantitative estimate of drug-likeness (QED) is 0.746. The molecule has 5 heteroatoms. The highest BCUT2D eigenvalue weighted by Crippen LogP contribution is 2.27. The van der Waals surface area contributed by atoms with Crippen LogP contribution in [-0.2, 0) is 6.61 Å². The highest BCUT2D eigenvalue weighted by Gasteiger charge is 2.16. The van der Waals surface area contributed by atoms with E-state index in [4.69, 9.17) is 4.74 Å². The summed E-state index contributed by atoms with van der Waals surface area (Å²) in [5.74, 6) is 0.865. The zero-order valence-electron chi connectivity index (χ0n) is 13.8. The Morgan fingerprint density at radius 1 is 1.26 bits per heavy atom. The van der Waals surface area contributed by atoms with Crippen molar-refractivity contribution in [3.8, 4) is 5.75 Å². The van der Waals surface area contributed by atoms with E-state index in [2.05, 4.69) is 40.9 Å². The topological polar surface area (TPSA) is 41.6 Å². The first-order valence-electron chi connectivity index (χ1n) is 7.37. The summed E-state index contributed by atoms with van der Waals surface area (Å²) in [4.78, 5) is 13.5. The first kappa shape index (κ1) is 17.6. The summed E-state index contributed by atoms with van der Waals surface area (Å²) < 4.78 is 7.07. The fourth-order valence-corrected chi connectivity index (χ4v) is 3.03. The molecule has 0 radical (unpaired) electrons. The second kappa shape index (κ2) is 7.68. The maximum atomic E-state index is 11.9. The summed E-state index contributed by atoms with van der Waals surface area (Å²) in [7, 11) is 3.38. The molecule has 122 valence electrons. The molecule has 23 heavy (non-hydrogen) atoms. The summed E-state index contributed by atoms with van der Waals surface area (Å²) in [6, 6.07) is 11.9. The molecule has 0 atom stereocenters. The Morgan fingerprint density at radius 2 is 2.00 bits per heavy atom. The van der Waals surface area contributed by atoms with Gasteiger partial charge in [0.05, 0.1) is 5.69 Å². The molecule has 0 heterocycles. The number of nitrogens with zero attached hydrogens (tertiary/aromatic N) is 1. The normalized spacial score (nSPS) is 10.3. The number of anilines is 1. The highest BCUT2D eigenvalue weighted by molar-refractivity contribution is 14.1. The minimum Gasteiger partial charge on any atom is -0.489 e. The number of carbonyl (C=O) groups is 1. The largest absolute Gasteiger partial charge is 0.489 e. The Labute approximate surface area is 151 Å². The molecule has 0 bridgehead atoms. The Kier molecular flexibility index (Phi) is 5.87. The van der Waals surface area contributed by atoms with Gasteiger partial charge in [-0.05, 0) is 60.2 Å². The van der Waals surface area contributed by atoms with E-state index in [0.717, 1.165) is 26.1 Å². The van der Waals surface area contributed by atoms with Crippen molar-refractivity contribution in [1.29, 1.82) is 0 Å². The molecule has 0 aromatic heterocycles. The smallest absolute Gasteiger partial charge is 0.321 e. The van der Waals surface area contributed by atoms with Crippen LogP contribution in [0.5, 0.6) is 5.75 Å². The molecule has 0 spiro atoms. The average Bonchev–Trinajstić information content (AvgIpc) is 2.53. The minimum atomic E-state index is -0.153. The van der Waals surface area contributed by atoms with Crippen LogP contribution in [0.3, 0.4) is 0 Å². The van der Waals surface area contributed by atoms with Gasteiger partial charge in [0, 0.05) is 23.2 Å². The fraction of sp³-hybridized carbons (Fsp3) is 0.278. The standard InChI is InChI=1S/C18H21IN2O2/c1-12-8-9-17(13(2)10-12)23-11-14-15(19)6-5-7-16(14)21(4)18(22)20-3/h5-10H,11H2,1-4H3,(H,20,22). The highest BCUT2D eigenvalue weighted by atomic mass is 127. The molecule has 2 rings (SSSR count). The fourth-order valence-electron chi connectivity index (χ4n) is 2.39. The first-order valence-corrected chi connectivity index (χ1v) is 8.44. The number of ether oxygens (including phenoxy) is 1. The van der Waals surface area contributed by atoms with Crippen molar-refractivity contribution >= 4 is 34.3 Å². The number of carbonyl (C=O) groups excluding carboxylic acids is 1. The molecule has 0 saturated heterocycles. The Balaban J connectivity index is 2.27. The number of hydrogen-bond acceptors (Lipinski definition) is 2. The van der Waals surface area contributed by atoms with Gasteiger partial charge in [-0.15, -0.1) is 0 Å². The molecular formula is C18H21IN2O2. The average molecular weight is 424 g/mol. The summed E-state index contributed by atoms with van der Waals surface area (Å²) in [5.41, 5.74) is 4.17. The third-order valence-electron chi connectivity index (χ3n) is 3.68. The van der Waals surface area contributed by atoms with Crippen LogP contribution in [0.15, 0.2) is 36.4 Å². The Hall–Kier alpha value is -1.76. The number of amides is 2. The van der Waals surface area contributed by atoms with Crippen LogP contribution in [-0.4, -0.2) is 20.1 Å². The zero-order chi connectivity index (χ0) is 17.0. The lowest BCUT2D eigenvalue weighted by molar-refractivity contribution is 0.249. The van der Waals surface area contributed by atoms with Crippen LogP contribution >= 0.6 is 22.6 Å². The Morgan fingerprint density at radius 3 is 2.65 bits per heavy atom. The van der Waals surface area contributed by atoms with Gasteiger partial charge in [0.1, 0.15) is 12.4 Å². The molecule has 0 saturated carbocycles. The van der Waals surface area contributed by atoms with Gasteiger partial charge >= 0.3 is 6.03 Å². The van der Waals surface area contributed by atoms with Crippen LogP contribution in [0.4, 0.5) is 10.5 Å². The van der Waals surface area contributed by atoms with Crippen molar-refractivity contribution in [2.75, 3.05) is 19.0 Å². The molecule has 2 aromatic rings. The number of aryl methyl sites for hydroxylation is 2. The predicted octanol–water partition coefficient (Wildman–Crippen LogP) is 4.26. The number of urea groups is 1. The third-order valence-corrected chi connectivity index (χ3v) is 4.69. The first-order chi connectivity index (χ1) is 10.9. The van der Waals surface area contributed by atoms with E-state index in [1.165, 1.54) is 5.56 Å². The van der Waals surface area contributed by atoms with E-state index in [-0.39, 0.29) is 6.03 Å². The van der Waals surface area contributed by atoms with Crippen molar-refractivity contribution in [1.82, 2.24) is 5.32 Å². The molecule has 4 nitrogen and oxygen atoms in total. The molecule has 2 amide bonds. The second-order valence-electron chi connectivity index (χ2n) is 5.41. The van der Waals surface area contributed by atoms with Gasteiger partial charge in [0.15, 0.2) is 0 Å². The summed E-state index contributed by atoms with van der Waals surface area (Å²) in [6.07, 6.45) is 0. The van der Waals surface area contributed by atoms with Crippen molar-refractivity contribution in [3.05, 3.63) is 56.7 Å². The third kappa shape index (κ3) is 4.16. The van der Waals surface area contributed by atoms with Gasteiger partial charge in [-0.25, -0.2) is 4.79 Å². The molecule has 0 fully saturated rings. The molecule has 0 aliphatic rings. The molecule has 2 aromatic carbocycles. The van der Waals surface area contributed by atoms with Crippen LogP contribution in [0.25, 0.3) is 0 Å². The van der Waals surface area contributed by atoms with Gasteiger partial charge < -0.3 is 10.1 Å². The van der Waals surface area contributed by atoms with E-state index in [1.54, 1.807) is 19.0 Å². The summed E-state index contributed by atoms with van der Waals surface area (Å²) in [6.45, 7) is 4.52. The van der Waals surface area contributed by atoms with Crippen molar-refractivity contribution in [2.45, 2.75) is 20.5 Å². The van der Waals surface area contributed by atoms with Crippen molar-refractivity contribution in [2.24, 2.45) is 0 Å². The van der Waals surface area contributed by atoms with Gasteiger partial charge in [0.2, 0.25) is 0 Å². The lowest BCUT2D eigenvalue weighted by Crippen LogP contribution is -2.35. The molecule has 1 N–H and O–H groups in total. The number of rotatable bonds is 4. The number of halogens is 1. The molecular weight excluding hydrogens is 403 g/mol. The Bertz CT molecular complexity index is 716. The molecule has 0 unspecified atom stereocenters. The lowest BCUT2D eigenvalue weighted by Gasteiger charge is -2.21. The van der Waals surface area contributed by atoms with E-state index < -0.39 is 0 Å². The molecule has 0 aliphatic carbocycles. The second-order valence-corrected chi connectivity index (χ2v) is 6.57. The number of hydrogen-bond donors (Lipinski definition) is 1. The maximum Gasteiger partial charge on any atom is 0.321 e. The van der Waals surface area contributed by atoms with Gasteiger partial charge in [0.25, 0.3) is 0 Å². The van der Waals surface area contributed by atoms with Crippen LogP contribution in [0.1, 0.15) is 16.7 Å². The predicted molar refractivity (Wildman–Crippen MR) is 102 cm³/mol. The van der Waals surface area contributed by atoms with Crippen LogP contribution < -0.4 is 15.0 Å². The van der Waals surface area contributed by atoms with E-state index in [0.29, 0.717) is 6.61 Å². The van der Waals surface area contributed by atoms with Gasteiger partial charge in [-0.3, -0.25) is 4.90 Å². The lowest BCUT2D eigenvalue weighted by atomic mass is 10.1.